The summed E-state index contributed by atoms with van der Waals surface area (Å²) in [7, 11) is 0. The van der Waals surface area contributed by atoms with Crippen LogP contribution in [-0.2, 0) is 65.5 Å². The Morgan fingerprint density at radius 2 is 1.00 bits per heavy atom. The third kappa shape index (κ3) is 24.6. The van der Waals surface area contributed by atoms with Gasteiger partial charge in [-0.05, 0) is 12.8 Å². The molecule has 0 aliphatic heterocycles. The minimum absolute atomic E-state index is 0.0264. The third-order valence-electron chi connectivity index (χ3n) is 5.14. The van der Waals surface area contributed by atoms with E-state index in [-0.39, 0.29) is 36.0 Å². The number of amides is 5. The Kier molecular flexibility index (Phi) is 26.3. The molecule has 0 aromatic heterocycles. The molecular formula is C22H36IN8O13Tc-. The van der Waals surface area contributed by atoms with Gasteiger partial charge in [0.15, 0.2) is 5.78 Å². The van der Waals surface area contributed by atoms with Crippen molar-refractivity contribution in [1.82, 2.24) is 37.3 Å². The fraction of sp³-hybridized carbons (Fsp3) is 0.591. The average Bonchev–Trinajstić information content (AvgIpc) is 3.00. The van der Waals surface area contributed by atoms with Crippen LogP contribution in [-0.4, -0.2) is 122 Å². The topological polar surface area (TPSA) is 342 Å². The SMILES string of the molecule is NN[C@@H](CCC(=O)O)C(=O)NCC(=O)NCC(=O)CN[C@@H](CCC(=O)O)C(=O)NCC(=O)NCC(=O)NCC(=O)C[I-]O.[O]=[99Tc]. The van der Waals surface area contributed by atoms with Crippen molar-refractivity contribution in [3.8, 4) is 0 Å². The van der Waals surface area contributed by atoms with Crippen LogP contribution < -0.4 is 64.8 Å². The second-order valence-corrected chi connectivity index (χ2v) is 10.1. The van der Waals surface area contributed by atoms with E-state index < -0.39 is 120 Å². The first-order chi connectivity index (χ1) is 21.3. The first-order valence-electron chi connectivity index (χ1n) is 12.7. The summed E-state index contributed by atoms with van der Waals surface area (Å²) in [6, 6.07) is -2.27. The van der Waals surface area contributed by atoms with Crippen LogP contribution in [0.4, 0.5) is 0 Å². The number of carbonyl (C=O) groups is 9. The Hall–Kier alpha value is -3.35. The van der Waals surface area contributed by atoms with Gasteiger partial charge < -0.3 is 20.8 Å². The van der Waals surface area contributed by atoms with Crippen LogP contribution in [0.15, 0.2) is 0 Å². The molecule has 0 saturated heterocycles. The van der Waals surface area contributed by atoms with Gasteiger partial charge in [0.05, 0.1) is 19.6 Å². The summed E-state index contributed by atoms with van der Waals surface area (Å²) in [6.45, 7) is -2.90. The van der Waals surface area contributed by atoms with Gasteiger partial charge in [0.1, 0.15) is 6.04 Å². The molecule has 257 valence electrons. The van der Waals surface area contributed by atoms with E-state index in [4.69, 9.17) is 23.0 Å². The Morgan fingerprint density at radius 3 is 1.44 bits per heavy atom. The number of hydrogen-bond donors (Lipinski definition) is 11. The van der Waals surface area contributed by atoms with E-state index in [1.807, 2.05) is 0 Å². The van der Waals surface area contributed by atoms with Gasteiger partial charge in [0.25, 0.3) is 0 Å². The summed E-state index contributed by atoms with van der Waals surface area (Å²) >= 11 is -0.343. The summed E-state index contributed by atoms with van der Waals surface area (Å²) in [5.74, 6) is -1.89. The van der Waals surface area contributed by atoms with Crippen LogP contribution in [0.5, 0.6) is 0 Å². The van der Waals surface area contributed by atoms with E-state index in [0.29, 0.717) is 0 Å². The number of carboxylic acid groups (broad SMARTS) is 2. The van der Waals surface area contributed by atoms with E-state index in [9.17, 15) is 43.2 Å². The van der Waals surface area contributed by atoms with Crippen molar-refractivity contribution in [2.24, 2.45) is 5.84 Å². The van der Waals surface area contributed by atoms with Gasteiger partial charge in [0.2, 0.25) is 11.8 Å². The van der Waals surface area contributed by atoms with Crippen molar-refractivity contribution in [2.75, 3.05) is 43.7 Å². The summed E-state index contributed by atoms with van der Waals surface area (Å²) in [5.41, 5.74) is 2.13. The summed E-state index contributed by atoms with van der Waals surface area (Å²) in [4.78, 5) is 105. The molecule has 5 amide bonds. The van der Waals surface area contributed by atoms with E-state index in [0.717, 1.165) is 18.9 Å². The maximum absolute atomic E-state index is 12.5. The van der Waals surface area contributed by atoms with Gasteiger partial charge in [-0.3, -0.25) is 35.1 Å². The molecule has 12 N–H and O–H groups in total. The number of rotatable bonds is 24. The summed E-state index contributed by atoms with van der Waals surface area (Å²) < 4.78 is 16.9. The Balaban J connectivity index is 0. The van der Waals surface area contributed by atoms with Crippen LogP contribution in [0.2, 0.25) is 0 Å². The first-order valence-corrected chi connectivity index (χ1v) is 15.9. The Labute approximate surface area is 277 Å². The molecule has 0 fully saturated rings. The average molecular weight is 846 g/mol. The van der Waals surface area contributed by atoms with E-state index in [2.05, 4.69) is 37.3 Å². The molecule has 23 heteroatoms. The van der Waals surface area contributed by atoms with Crippen LogP contribution in [0.25, 0.3) is 0 Å². The first kappa shape index (κ1) is 43.8. The van der Waals surface area contributed by atoms with Gasteiger partial charge in [-0.2, -0.15) is 0 Å². The van der Waals surface area contributed by atoms with Gasteiger partial charge in [-0.15, -0.1) is 0 Å². The van der Waals surface area contributed by atoms with E-state index >= 15 is 0 Å². The zero-order valence-corrected chi connectivity index (χ0v) is 27.7. The number of carbonyl (C=O) groups excluding carboxylic acids is 7. The Bertz CT molecular complexity index is 1050. The molecule has 0 heterocycles. The number of carboxylic acids is 2. The molecule has 0 saturated carbocycles. The number of Topliss-reactive ketones (excluding diaryl/α,β-unsaturated/α-hetero) is 2. The van der Waals surface area contributed by atoms with Crippen molar-refractivity contribution >= 4 is 53.0 Å². The van der Waals surface area contributed by atoms with Gasteiger partial charge in [0, 0.05) is 12.8 Å². The number of halogens is 1. The molecule has 0 radical (unpaired) electrons. The summed E-state index contributed by atoms with van der Waals surface area (Å²) in [6.07, 6.45) is -1.17. The molecule has 0 aliphatic carbocycles. The zero-order chi connectivity index (χ0) is 34.8. The van der Waals surface area contributed by atoms with Crippen molar-refractivity contribution in [1.29, 1.82) is 0 Å². The maximum atomic E-state index is 12.5. The Morgan fingerprint density at radius 1 is 0.600 bits per heavy atom. The number of nitrogens with one attached hydrogen (secondary N) is 7. The molecule has 0 aromatic carbocycles. The number of hydrogen-bond acceptors (Lipinski definition) is 14. The minimum atomic E-state index is -1.24. The molecule has 45 heavy (non-hydrogen) atoms. The fourth-order valence-corrected chi connectivity index (χ4v) is 3.56. The van der Waals surface area contributed by atoms with Gasteiger partial charge in [-0.25, -0.2) is 5.43 Å². The van der Waals surface area contributed by atoms with E-state index in [1.165, 1.54) is 0 Å². The summed E-state index contributed by atoms with van der Waals surface area (Å²) in [5, 5.41) is 31.3. The number of hydrazine groups is 1. The van der Waals surface area contributed by atoms with Crippen molar-refractivity contribution < 1.29 is 101 Å². The predicted molar refractivity (Wildman–Crippen MR) is 139 cm³/mol. The third-order valence-corrected chi connectivity index (χ3v) is 6.33. The molecule has 0 aromatic rings. The number of alkyl halides is 1. The predicted octanol–water partition coefficient (Wildman–Crippen LogP) is -9.90. The van der Waals surface area contributed by atoms with Crippen molar-refractivity contribution in [3.63, 3.8) is 0 Å². The number of ketones is 2. The monoisotopic (exact) mass is 846 g/mol. The van der Waals surface area contributed by atoms with Crippen LogP contribution in [0.1, 0.15) is 25.7 Å². The molecule has 0 aliphatic rings. The van der Waals surface area contributed by atoms with Gasteiger partial charge >= 0.3 is 148 Å². The van der Waals surface area contributed by atoms with Crippen molar-refractivity contribution in [3.05, 3.63) is 0 Å². The molecule has 0 rings (SSSR count). The molecule has 0 bridgehead atoms. The van der Waals surface area contributed by atoms with Crippen LogP contribution >= 0.6 is 0 Å². The molecule has 2 atom stereocenters. The quantitative estimate of drug-likeness (QED) is 0.0186. The number of nitrogens with two attached hydrogens (primary N) is 1. The zero-order valence-electron chi connectivity index (χ0n) is 23.7. The van der Waals surface area contributed by atoms with Crippen LogP contribution in [0, 0.1) is 0 Å². The molecule has 0 unspecified atom stereocenters. The molecule has 0 spiro atoms. The van der Waals surface area contributed by atoms with E-state index in [1.54, 1.807) is 0 Å². The molecular weight excluding hydrogens is 810 g/mol. The molecule has 21 nitrogen and oxygen atoms in total. The van der Waals surface area contributed by atoms with Crippen molar-refractivity contribution in [2.45, 2.75) is 37.8 Å². The second kappa shape index (κ2) is 27.0. The standard InChI is InChI=1S/C22H36IN8O12.O.Tc/c24-31-15(2-4-20(39)40)22(42)30-10-17(35)27-8-13(33)7-25-14(1-3-19(37)38)21(41)29-11-18(36)28-9-16(34)26-6-12(32)5-23-43;;/h14-15,25,31,43H,1-11,24H2,(H,26,34)(H,27,35)(H,28,36)(H,29,41)(H,30,42)(H,37,38)(H,39,40);;/q-1;;/t14-,15-;;/m0../s1/i;;1+1. The van der Waals surface area contributed by atoms with Gasteiger partial charge in [-0.1, -0.05) is 0 Å². The normalized spacial score (nSPS) is 11.4. The van der Waals surface area contributed by atoms with Crippen LogP contribution in [0.3, 0.4) is 0 Å². The second-order valence-electron chi connectivity index (χ2n) is 8.61. The number of aliphatic carboxylic acids is 2. The fourth-order valence-electron chi connectivity index (χ4n) is 2.91.